The van der Waals surface area contributed by atoms with Crippen LogP contribution in [0.1, 0.15) is 32.6 Å². The number of benzene rings is 3. The maximum absolute atomic E-state index is 12.9. The van der Waals surface area contributed by atoms with E-state index in [0.29, 0.717) is 37.6 Å². The van der Waals surface area contributed by atoms with Crippen molar-refractivity contribution in [2.75, 3.05) is 38.7 Å². The molecule has 0 spiro atoms. The van der Waals surface area contributed by atoms with Gasteiger partial charge in [-0.1, -0.05) is 42.0 Å². The van der Waals surface area contributed by atoms with Crippen molar-refractivity contribution in [1.82, 2.24) is 10.6 Å². The number of aryl methyl sites for hydroxylation is 1. The van der Waals surface area contributed by atoms with Crippen LogP contribution in [0.4, 0.5) is 0 Å². The highest BCUT2D eigenvalue weighted by Gasteiger charge is 2.16. The van der Waals surface area contributed by atoms with E-state index in [2.05, 4.69) is 28.8 Å². The van der Waals surface area contributed by atoms with Crippen molar-refractivity contribution in [2.45, 2.75) is 24.8 Å². The first-order valence-electron chi connectivity index (χ1n) is 12.1. The molecule has 4 rings (SSSR count). The highest BCUT2D eigenvalue weighted by Crippen LogP contribution is 2.24. The summed E-state index contributed by atoms with van der Waals surface area (Å²) >= 11 is 0. The normalized spacial score (nSPS) is 14.7. The fourth-order valence-electron chi connectivity index (χ4n) is 4.02. The second-order valence-corrected chi connectivity index (χ2v) is 11.0. The number of rotatable bonds is 5. The van der Waals surface area contributed by atoms with Crippen molar-refractivity contribution in [3.63, 3.8) is 0 Å². The lowest BCUT2D eigenvalue weighted by Crippen LogP contribution is -2.29. The summed E-state index contributed by atoms with van der Waals surface area (Å²) in [4.78, 5) is 13.1. The molecule has 1 amide bonds. The van der Waals surface area contributed by atoms with Gasteiger partial charge >= 0.3 is 0 Å². The van der Waals surface area contributed by atoms with Gasteiger partial charge in [-0.05, 0) is 53.9 Å². The van der Waals surface area contributed by atoms with Crippen molar-refractivity contribution in [3.05, 3.63) is 94.5 Å². The Balaban J connectivity index is 1.46. The van der Waals surface area contributed by atoms with E-state index in [1.807, 2.05) is 19.1 Å². The maximum atomic E-state index is 12.9. The number of hydrogen-bond donors (Lipinski definition) is 2. The van der Waals surface area contributed by atoms with Crippen molar-refractivity contribution in [1.29, 1.82) is 0 Å². The summed E-state index contributed by atoms with van der Waals surface area (Å²) in [5, 5.41) is 6.12. The standard InChI is InChI=1S/C28H32N2O5S/c1-21-5-8-26(9-6-21)36(32,33)16-12-30-28(31)24-7-10-27-25(19-24)18-22-3-2-4-23(17-22)20-29-11-13-34-14-15-35-27/h2-10,17,19,29H,11-16,18,20H2,1H3,(H,30,31). The van der Waals surface area contributed by atoms with Gasteiger partial charge in [-0.3, -0.25) is 4.79 Å². The summed E-state index contributed by atoms with van der Waals surface area (Å²) in [6.07, 6.45) is 0.604. The van der Waals surface area contributed by atoms with Gasteiger partial charge < -0.3 is 20.1 Å². The van der Waals surface area contributed by atoms with Gasteiger partial charge in [-0.2, -0.15) is 0 Å². The summed E-state index contributed by atoms with van der Waals surface area (Å²) in [5.74, 6) is 0.215. The molecule has 1 heterocycles. The number of carbonyl (C=O) groups excluding carboxylic acids is 1. The van der Waals surface area contributed by atoms with Gasteiger partial charge in [-0.25, -0.2) is 8.42 Å². The minimum atomic E-state index is -3.48. The Hall–Kier alpha value is -3.20. The molecule has 0 saturated heterocycles. The molecule has 2 bridgehead atoms. The summed E-state index contributed by atoms with van der Waals surface area (Å²) in [7, 11) is -3.48. The van der Waals surface area contributed by atoms with Crippen molar-refractivity contribution in [3.8, 4) is 5.75 Å². The van der Waals surface area contributed by atoms with E-state index in [1.54, 1.807) is 36.4 Å². The Bertz CT molecular complexity index is 1290. The molecule has 0 aliphatic carbocycles. The third-order valence-electron chi connectivity index (χ3n) is 5.98. The quantitative estimate of drug-likeness (QED) is 0.550. The fraction of sp³-hybridized carbons (Fsp3) is 0.321. The smallest absolute Gasteiger partial charge is 0.251 e. The molecular weight excluding hydrogens is 476 g/mol. The van der Waals surface area contributed by atoms with Crippen molar-refractivity contribution < 1.29 is 22.7 Å². The van der Waals surface area contributed by atoms with Crippen LogP contribution >= 0.6 is 0 Å². The first-order valence-corrected chi connectivity index (χ1v) is 13.8. The SMILES string of the molecule is Cc1ccc(S(=O)(=O)CCNC(=O)c2ccc3c(c2)Cc2cccc(c2)CNCCOCCO3)cc1. The van der Waals surface area contributed by atoms with E-state index in [1.165, 1.54) is 5.56 Å². The minimum Gasteiger partial charge on any atom is -0.491 e. The lowest BCUT2D eigenvalue weighted by atomic mass is 10.00. The summed E-state index contributed by atoms with van der Waals surface area (Å²) < 4.78 is 36.8. The van der Waals surface area contributed by atoms with Gasteiger partial charge in [-0.15, -0.1) is 0 Å². The van der Waals surface area contributed by atoms with Gasteiger partial charge in [0.15, 0.2) is 9.84 Å². The number of carbonyl (C=O) groups is 1. The largest absolute Gasteiger partial charge is 0.491 e. The number of nitrogens with one attached hydrogen (secondary N) is 2. The van der Waals surface area contributed by atoms with E-state index in [4.69, 9.17) is 9.47 Å². The molecule has 1 aliphatic heterocycles. The molecule has 0 unspecified atom stereocenters. The maximum Gasteiger partial charge on any atom is 0.251 e. The van der Waals surface area contributed by atoms with E-state index in [9.17, 15) is 13.2 Å². The zero-order valence-corrected chi connectivity index (χ0v) is 21.3. The number of ether oxygens (including phenoxy) is 2. The van der Waals surface area contributed by atoms with Crippen LogP contribution in [0.2, 0.25) is 0 Å². The first kappa shape index (κ1) is 25.9. The van der Waals surface area contributed by atoms with E-state index >= 15 is 0 Å². The Labute approximate surface area is 212 Å². The molecule has 7 nitrogen and oxygen atoms in total. The average Bonchev–Trinajstić information content (AvgIpc) is 2.86. The van der Waals surface area contributed by atoms with Gasteiger partial charge in [0.1, 0.15) is 12.4 Å². The first-order chi connectivity index (χ1) is 17.4. The van der Waals surface area contributed by atoms with Gasteiger partial charge in [0.05, 0.1) is 23.9 Å². The topological polar surface area (TPSA) is 93.7 Å². The zero-order valence-electron chi connectivity index (χ0n) is 20.5. The molecule has 0 aromatic heterocycles. The molecule has 190 valence electrons. The summed E-state index contributed by atoms with van der Waals surface area (Å²) in [6, 6.07) is 20.3. The van der Waals surface area contributed by atoms with Crippen molar-refractivity contribution >= 4 is 15.7 Å². The fourth-order valence-corrected chi connectivity index (χ4v) is 5.18. The Morgan fingerprint density at radius 1 is 0.972 bits per heavy atom. The molecule has 36 heavy (non-hydrogen) atoms. The molecule has 1 aliphatic rings. The van der Waals surface area contributed by atoms with Gasteiger partial charge in [0.25, 0.3) is 5.91 Å². The number of sulfone groups is 1. The number of fused-ring (bicyclic) bond motifs is 3. The van der Waals surface area contributed by atoms with E-state index in [0.717, 1.165) is 29.8 Å². The molecular formula is C28H32N2O5S. The predicted octanol–water partition coefficient (Wildman–Crippen LogP) is 3.29. The predicted molar refractivity (Wildman–Crippen MR) is 139 cm³/mol. The molecule has 3 aromatic carbocycles. The highest BCUT2D eigenvalue weighted by atomic mass is 32.2. The van der Waals surface area contributed by atoms with Crippen LogP contribution in [-0.4, -0.2) is 53.0 Å². The molecule has 0 saturated carbocycles. The van der Waals surface area contributed by atoms with E-state index in [-0.39, 0.29) is 23.1 Å². The lowest BCUT2D eigenvalue weighted by molar-refractivity contribution is 0.0955. The molecule has 0 fully saturated rings. The summed E-state index contributed by atoms with van der Waals surface area (Å²) in [5.41, 5.74) is 4.63. The minimum absolute atomic E-state index is 0.0228. The number of hydrogen-bond acceptors (Lipinski definition) is 6. The molecule has 0 radical (unpaired) electrons. The lowest BCUT2D eigenvalue weighted by Gasteiger charge is -2.15. The van der Waals surface area contributed by atoms with Crippen LogP contribution in [0, 0.1) is 6.92 Å². The van der Waals surface area contributed by atoms with Crippen LogP contribution in [0.25, 0.3) is 0 Å². The number of amides is 1. The van der Waals surface area contributed by atoms with Crippen molar-refractivity contribution in [2.24, 2.45) is 0 Å². The van der Waals surface area contributed by atoms with Gasteiger partial charge in [0, 0.05) is 31.6 Å². The average molecular weight is 509 g/mol. The highest BCUT2D eigenvalue weighted by molar-refractivity contribution is 7.91. The van der Waals surface area contributed by atoms with Crippen LogP contribution in [0.3, 0.4) is 0 Å². The van der Waals surface area contributed by atoms with Crippen LogP contribution in [0.15, 0.2) is 71.6 Å². The third-order valence-corrected chi connectivity index (χ3v) is 7.71. The Morgan fingerprint density at radius 3 is 2.61 bits per heavy atom. The van der Waals surface area contributed by atoms with Gasteiger partial charge in [0.2, 0.25) is 0 Å². The second-order valence-electron chi connectivity index (χ2n) is 8.84. The van der Waals surface area contributed by atoms with Crippen LogP contribution < -0.4 is 15.4 Å². The van der Waals surface area contributed by atoms with Crippen LogP contribution in [0.5, 0.6) is 5.75 Å². The molecule has 3 aromatic rings. The molecule has 2 N–H and O–H groups in total. The Kier molecular flexibility index (Phi) is 8.74. The second kappa shape index (κ2) is 12.2. The van der Waals surface area contributed by atoms with E-state index < -0.39 is 9.84 Å². The monoisotopic (exact) mass is 508 g/mol. The third kappa shape index (κ3) is 7.16. The van der Waals surface area contributed by atoms with Crippen LogP contribution in [-0.2, 0) is 27.5 Å². The molecule has 8 heteroatoms. The summed E-state index contributed by atoms with van der Waals surface area (Å²) in [6.45, 7) is 4.95. The Morgan fingerprint density at radius 2 is 1.78 bits per heavy atom. The molecule has 0 atom stereocenters. The zero-order chi connectivity index (χ0) is 25.4.